The number of aromatic amines is 1. The van der Waals surface area contributed by atoms with E-state index in [4.69, 9.17) is 14.2 Å². The van der Waals surface area contributed by atoms with Crippen LogP contribution in [-0.2, 0) is 9.53 Å². The topological polar surface area (TPSA) is 107 Å². The third-order valence-corrected chi connectivity index (χ3v) is 10.7. The summed E-state index contributed by atoms with van der Waals surface area (Å²) >= 11 is 3.20. The third kappa shape index (κ3) is 4.96. The minimum Gasteiger partial charge on any atom is -0.493 e. The number of thiazole rings is 1. The second-order valence-corrected chi connectivity index (χ2v) is 12.4. The summed E-state index contributed by atoms with van der Waals surface area (Å²) in [6.45, 7) is 1.85. The summed E-state index contributed by atoms with van der Waals surface area (Å²) in [6.07, 6.45) is 3.82. The Hall–Kier alpha value is -3.24. The average molecular weight is 567 g/mol. The van der Waals surface area contributed by atoms with Gasteiger partial charge in [-0.1, -0.05) is 17.4 Å². The second-order valence-electron chi connectivity index (χ2n) is 10.2. The van der Waals surface area contributed by atoms with Crippen molar-refractivity contribution >= 4 is 40.7 Å². The number of amides is 1. The number of hydrogen-bond acceptors (Lipinski definition) is 8. The van der Waals surface area contributed by atoms with Crippen molar-refractivity contribution in [3.63, 3.8) is 0 Å². The van der Waals surface area contributed by atoms with Crippen LogP contribution in [0.2, 0.25) is 0 Å². The molecule has 1 amide bonds. The van der Waals surface area contributed by atoms with E-state index in [1.807, 2.05) is 30.0 Å². The van der Waals surface area contributed by atoms with Gasteiger partial charge in [0.1, 0.15) is 0 Å². The SMILES string of the molecule is CCOC(=O)c1ccc(NC(=O)COc2ccc([C@H]3c4sc(=O)[nH]c4SC4C5CCC(C5)C43)cc2OC)cc1. The van der Waals surface area contributed by atoms with Gasteiger partial charge in [-0.15, -0.1) is 11.8 Å². The first-order valence-corrected chi connectivity index (χ1v) is 14.9. The predicted molar refractivity (Wildman–Crippen MR) is 150 cm³/mol. The molecule has 39 heavy (non-hydrogen) atoms. The number of ether oxygens (including phenoxy) is 3. The van der Waals surface area contributed by atoms with E-state index in [1.165, 1.54) is 30.6 Å². The van der Waals surface area contributed by atoms with Crippen molar-refractivity contribution in [1.29, 1.82) is 0 Å². The van der Waals surface area contributed by atoms with E-state index in [9.17, 15) is 14.4 Å². The van der Waals surface area contributed by atoms with Gasteiger partial charge in [0.15, 0.2) is 18.1 Å². The first kappa shape index (κ1) is 26.0. The Bertz CT molecular complexity index is 1450. The molecule has 2 fully saturated rings. The predicted octanol–water partition coefficient (Wildman–Crippen LogP) is 5.29. The number of rotatable bonds is 8. The highest BCUT2D eigenvalue weighted by atomic mass is 32.2. The molecule has 5 atom stereocenters. The first-order valence-electron chi connectivity index (χ1n) is 13.2. The van der Waals surface area contributed by atoms with Crippen molar-refractivity contribution in [2.75, 3.05) is 25.6 Å². The summed E-state index contributed by atoms with van der Waals surface area (Å²) in [6, 6.07) is 12.4. The Morgan fingerprint density at radius 2 is 1.87 bits per heavy atom. The largest absolute Gasteiger partial charge is 0.493 e. The third-order valence-electron chi connectivity index (χ3n) is 8.05. The minimum absolute atomic E-state index is 0.00159. The molecule has 8 nitrogen and oxygen atoms in total. The smallest absolute Gasteiger partial charge is 0.338 e. The maximum atomic E-state index is 12.6. The van der Waals surface area contributed by atoms with E-state index in [2.05, 4.69) is 10.3 Å². The zero-order valence-corrected chi connectivity index (χ0v) is 23.4. The minimum atomic E-state index is -0.404. The van der Waals surface area contributed by atoms with E-state index in [1.54, 1.807) is 38.3 Å². The van der Waals surface area contributed by atoms with E-state index in [-0.39, 0.29) is 23.3 Å². The zero-order chi connectivity index (χ0) is 27.1. The summed E-state index contributed by atoms with van der Waals surface area (Å²) in [5, 5.41) is 4.33. The Morgan fingerprint density at radius 3 is 2.64 bits per heavy atom. The molecule has 1 aromatic heterocycles. The van der Waals surface area contributed by atoms with Gasteiger partial charge in [-0.2, -0.15) is 0 Å². The van der Waals surface area contributed by atoms with Gasteiger partial charge in [-0.05, 0) is 85.9 Å². The number of carbonyl (C=O) groups is 2. The number of esters is 1. The number of H-pyrrole nitrogens is 1. The van der Waals surface area contributed by atoms with Crippen LogP contribution in [0.15, 0.2) is 52.3 Å². The number of thioether (sulfide) groups is 1. The molecule has 0 saturated heterocycles. The summed E-state index contributed by atoms with van der Waals surface area (Å²) in [7, 11) is 1.59. The summed E-state index contributed by atoms with van der Waals surface area (Å²) < 4.78 is 16.5. The maximum Gasteiger partial charge on any atom is 0.338 e. The first-order chi connectivity index (χ1) is 18.9. The molecule has 2 heterocycles. The van der Waals surface area contributed by atoms with Gasteiger partial charge < -0.3 is 24.5 Å². The van der Waals surface area contributed by atoms with Gasteiger partial charge in [0, 0.05) is 21.7 Å². The number of fused-ring (bicyclic) bond motifs is 6. The van der Waals surface area contributed by atoms with Crippen LogP contribution in [0.5, 0.6) is 11.5 Å². The Labute approximate surface area is 234 Å². The number of benzene rings is 2. The molecule has 3 aromatic rings. The van der Waals surface area contributed by atoms with Gasteiger partial charge in [0.05, 0.1) is 24.3 Å². The molecule has 2 bridgehead atoms. The second kappa shape index (κ2) is 10.7. The average Bonchev–Trinajstić information content (AvgIpc) is 3.65. The van der Waals surface area contributed by atoms with Gasteiger partial charge >= 0.3 is 10.8 Å². The van der Waals surface area contributed by atoms with E-state index in [0.717, 1.165) is 15.5 Å². The Balaban J connectivity index is 1.16. The van der Waals surface area contributed by atoms with Crippen LogP contribution >= 0.6 is 23.1 Å². The lowest BCUT2D eigenvalue weighted by atomic mass is 9.75. The Morgan fingerprint density at radius 1 is 1.08 bits per heavy atom. The fourth-order valence-electron chi connectivity index (χ4n) is 6.46. The molecule has 10 heteroatoms. The van der Waals surface area contributed by atoms with Crippen LogP contribution in [0.3, 0.4) is 0 Å². The number of methoxy groups -OCH3 is 1. The van der Waals surface area contributed by atoms with E-state index >= 15 is 0 Å². The van der Waals surface area contributed by atoms with Crippen LogP contribution in [0.1, 0.15) is 52.9 Å². The van der Waals surface area contributed by atoms with Gasteiger partial charge in [0.2, 0.25) is 0 Å². The molecule has 2 aliphatic carbocycles. The maximum absolute atomic E-state index is 12.6. The van der Waals surface area contributed by atoms with Crippen LogP contribution in [0.25, 0.3) is 0 Å². The van der Waals surface area contributed by atoms with Gasteiger partial charge in [0.25, 0.3) is 5.91 Å². The summed E-state index contributed by atoms with van der Waals surface area (Å²) in [4.78, 5) is 40.9. The van der Waals surface area contributed by atoms with Crippen molar-refractivity contribution in [3.8, 4) is 11.5 Å². The van der Waals surface area contributed by atoms with E-state index < -0.39 is 5.97 Å². The van der Waals surface area contributed by atoms with Crippen molar-refractivity contribution in [2.45, 2.75) is 42.4 Å². The number of carbonyl (C=O) groups excluding carboxylic acids is 2. The van der Waals surface area contributed by atoms with Crippen molar-refractivity contribution in [1.82, 2.24) is 4.98 Å². The highest BCUT2D eigenvalue weighted by molar-refractivity contribution is 8.00. The van der Waals surface area contributed by atoms with Crippen molar-refractivity contribution in [2.24, 2.45) is 17.8 Å². The molecule has 1 aliphatic heterocycles. The summed E-state index contributed by atoms with van der Waals surface area (Å²) in [5.74, 6) is 2.35. The van der Waals surface area contributed by atoms with Crippen LogP contribution in [-0.4, -0.2) is 42.4 Å². The van der Waals surface area contributed by atoms with Crippen LogP contribution in [0.4, 0.5) is 5.69 Å². The summed E-state index contributed by atoms with van der Waals surface area (Å²) in [5.41, 5.74) is 2.09. The van der Waals surface area contributed by atoms with Crippen LogP contribution < -0.4 is 19.7 Å². The molecule has 3 aliphatic rings. The van der Waals surface area contributed by atoms with Crippen LogP contribution in [0, 0.1) is 17.8 Å². The molecule has 4 unspecified atom stereocenters. The molecule has 2 N–H and O–H groups in total. The monoisotopic (exact) mass is 566 g/mol. The fourth-order valence-corrected chi connectivity index (χ4v) is 9.36. The van der Waals surface area contributed by atoms with Gasteiger partial charge in [-0.25, -0.2) is 4.79 Å². The lowest BCUT2D eigenvalue weighted by Gasteiger charge is -2.40. The van der Waals surface area contributed by atoms with E-state index in [0.29, 0.717) is 52.4 Å². The lowest BCUT2D eigenvalue weighted by molar-refractivity contribution is -0.118. The highest BCUT2D eigenvalue weighted by Crippen LogP contribution is 2.63. The number of nitrogens with one attached hydrogen (secondary N) is 2. The molecule has 2 aromatic carbocycles. The number of anilines is 1. The highest BCUT2D eigenvalue weighted by Gasteiger charge is 2.54. The van der Waals surface area contributed by atoms with Crippen molar-refractivity contribution in [3.05, 3.63) is 68.1 Å². The zero-order valence-electron chi connectivity index (χ0n) is 21.7. The molecule has 0 radical (unpaired) electrons. The Kier molecular flexibility index (Phi) is 7.16. The quantitative estimate of drug-likeness (QED) is 0.357. The fraction of sp³-hybridized carbons (Fsp3) is 0.414. The normalized spacial score (nSPS) is 24.5. The number of hydrogen-bond donors (Lipinski definition) is 2. The molecule has 204 valence electrons. The van der Waals surface area contributed by atoms with Gasteiger partial charge in [-0.3, -0.25) is 9.59 Å². The van der Waals surface area contributed by atoms with Crippen molar-refractivity contribution < 1.29 is 23.8 Å². The molecular weight excluding hydrogens is 536 g/mol. The standard InChI is InChI=1S/C29H30N2O6S2/c1-3-36-28(33)15-6-9-19(10-7-15)30-22(32)14-37-20-11-8-17(13-21(20)35-2)24-23-16-4-5-18(12-16)25(23)38-27-26(24)39-29(34)31-27/h6-11,13,16,18,23-25H,3-5,12,14H2,1-2H3,(H,30,32)(H,31,34)/t16?,18?,23?,24-,25?/m1/s1. The molecule has 2 saturated carbocycles. The molecule has 6 rings (SSSR count). The molecular formula is C29H30N2O6S2. The number of aromatic nitrogens is 1. The lowest BCUT2D eigenvalue weighted by Crippen LogP contribution is -2.33. The molecule has 0 spiro atoms.